The quantitative estimate of drug-likeness (QED) is 0.304. The van der Waals surface area contributed by atoms with Gasteiger partial charge in [0, 0.05) is 33.7 Å². The number of halogens is 1. The van der Waals surface area contributed by atoms with E-state index in [0.717, 1.165) is 12.8 Å². The molecule has 0 aromatic heterocycles. The first-order valence-electron chi connectivity index (χ1n) is 4.19. The predicted octanol–water partition coefficient (Wildman–Crippen LogP) is 2.95. The zero-order valence-corrected chi connectivity index (χ0v) is 9.06. The van der Waals surface area contributed by atoms with Crippen LogP contribution in [-0.2, 0) is 0 Å². The van der Waals surface area contributed by atoms with Crippen LogP contribution in [-0.4, -0.2) is 9.37 Å². The lowest BCUT2D eigenvalue weighted by Gasteiger charge is -2.34. The van der Waals surface area contributed by atoms with E-state index in [2.05, 4.69) is 29.8 Å². The minimum absolute atomic E-state index is 0.192. The maximum Gasteiger partial charge on any atom is 0.274 e. The maximum atomic E-state index is 10.6. The van der Waals surface area contributed by atoms with E-state index in [1.54, 1.807) is 0 Å². The molecule has 1 fully saturated rings. The van der Waals surface area contributed by atoms with Crippen LogP contribution >= 0.6 is 15.9 Å². The summed E-state index contributed by atoms with van der Waals surface area (Å²) in [6, 6.07) is 0. The molecule has 0 unspecified atom stereocenters. The summed E-state index contributed by atoms with van der Waals surface area (Å²) in [5.74, 6) is 0. The summed E-state index contributed by atoms with van der Waals surface area (Å²) >= 11 is 3.21. The van der Waals surface area contributed by atoms with Crippen molar-refractivity contribution in [3.05, 3.63) is 10.1 Å². The molecule has 0 amide bonds. The maximum absolute atomic E-state index is 10.6. The van der Waals surface area contributed by atoms with Gasteiger partial charge in [0.2, 0.25) is 0 Å². The average molecular weight is 236 g/mol. The van der Waals surface area contributed by atoms with Crippen molar-refractivity contribution in [2.45, 2.75) is 44.0 Å². The summed E-state index contributed by atoms with van der Waals surface area (Å²) in [6.45, 7) is 4.33. The van der Waals surface area contributed by atoms with Crippen molar-refractivity contribution in [2.24, 2.45) is 5.41 Å². The molecule has 0 heterocycles. The first kappa shape index (κ1) is 9.96. The fourth-order valence-corrected chi connectivity index (χ4v) is 1.89. The minimum atomic E-state index is -0.831. The van der Waals surface area contributed by atoms with E-state index in [9.17, 15) is 10.1 Å². The van der Waals surface area contributed by atoms with Crippen molar-refractivity contribution in [3.8, 4) is 0 Å². The van der Waals surface area contributed by atoms with E-state index in [-0.39, 0.29) is 10.3 Å². The number of nitrogens with zero attached hydrogens (tertiary/aromatic N) is 1. The van der Waals surface area contributed by atoms with Crippen molar-refractivity contribution in [3.63, 3.8) is 0 Å². The van der Waals surface area contributed by atoms with Gasteiger partial charge in [-0.25, -0.2) is 0 Å². The van der Waals surface area contributed by atoms with Crippen LogP contribution in [0.4, 0.5) is 0 Å². The molecule has 70 valence electrons. The topological polar surface area (TPSA) is 43.1 Å². The van der Waals surface area contributed by atoms with E-state index >= 15 is 0 Å². The Kier molecular flexibility index (Phi) is 2.47. The van der Waals surface area contributed by atoms with Crippen LogP contribution in [0.3, 0.4) is 0 Å². The van der Waals surface area contributed by atoms with E-state index in [1.165, 1.54) is 0 Å². The van der Waals surface area contributed by atoms with Crippen LogP contribution in [0.25, 0.3) is 0 Å². The van der Waals surface area contributed by atoms with Gasteiger partial charge >= 0.3 is 0 Å². The molecule has 0 aromatic rings. The highest BCUT2D eigenvalue weighted by Gasteiger charge is 2.45. The van der Waals surface area contributed by atoms with E-state index in [1.807, 2.05) is 0 Å². The second kappa shape index (κ2) is 2.98. The molecule has 1 aliphatic carbocycles. The zero-order chi connectivity index (χ0) is 9.41. The summed E-state index contributed by atoms with van der Waals surface area (Å²) in [4.78, 5) is 10.5. The molecular formula is C8H14BrNO2. The molecule has 0 spiro atoms. The molecule has 0 radical (unpaired) electrons. The van der Waals surface area contributed by atoms with Gasteiger partial charge < -0.3 is 0 Å². The van der Waals surface area contributed by atoms with E-state index in [0.29, 0.717) is 12.8 Å². The second-order valence-electron chi connectivity index (χ2n) is 4.34. The number of nitro groups is 1. The third kappa shape index (κ3) is 1.97. The van der Waals surface area contributed by atoms with E-state index in [4.69, 9.17) is 0 Å². The highest BCUT2D eigenvalue weighted by molar-refractivity contribution is 9.10. The number of hydrogen-bond acceptors (Lipinski definition) is 2. The third-order valence-electron chi connectivity index (χ3n) is 2.70. The van der Waals surface area contributed by atoms with Gasteiger partial charge in [-0.15, -0.1) is 0 Å². The first-order chi connectivity index (χ1) is 5.36. The molecule has 1 saturated carbocycles. The monoisotopic (exact) mass is 235 g/mol. The molecule has 3 nitrogen and oxygen atoms in total. The standard InChI is InChI=1S/C8H14BrNO2/c1-7(2)3-5-8(9,6-4-7)10(11)12/h3-6H2,1-2H3. The van der Waals surface area contributed by atoms with Crippen molar-refractivity contribution < 1.29 is 4.92 Å². The number of rotatable bonds is 1. The minimum Gasteiger partial charge on any atom is -0.263 e. The first-order valence-corrected chi connectivity index (χ1v) is 4.98. The molecule has 1 aliphatic rings. The normalized spacial score (nSPS) is 26.6. The van der Waals surface area contributed by atoms with Gasteiger partial charge in [-0.3, -0.25) is 10.1 Å². The molecule has 12 heavy (non-hydrogen) atoms. The predicted molar refractivity (Wildman–Crippen MR) is 50.9 cm³/mol. The Morgan fingerprint density at radius 2 is 1.67 bits per heavy atom. The van der Waals surface area contributed by atoms with Gasteiger partial charge in [0.05, 0.1) is 0 Å². The van der Waals surface area contributed by atoms with Crippen LogP contribution in [0.5, 0.6) is 0 Å². The Balaban J connectivity index is 2.62. The largest absolute Gasteiger partial charge is 0.274 e. The molecule has 0 atom stereocenters. The molecular weight excluding hydrogens is 222 g/mol. The fraction of sp³-hybridized carbons (Fsp3) is 1.00. The van der Waals surface area contributed by atoms with Gasteiger partial charge in [0.25, 0.3) is 4.45 Å². The van der Waals surface area contributed by atoms with Crippen molar-refractivity contribution in [2.75, 3.05) is 0 Å². The number of hydrogen-bond donors (Lipinski definition) is 0. The highest BCUT2D eigenvalue weighted by Crippen LogP contribution is 2.44. The highest BCUT2D eigenvalue weighted by atomic mass is 79.9. The molecule has 0 aliphatic heterocycles. The van der Waals surface area contributed by atoms with Gasteiger partial charge in [-0.1, -0.05) is 13.8 Å². The lowest BCUT2D eigenvalue weighted by molar-refractivity contribution is -0.541. The van der Waals surface area contributed by atoms with Gasteiger partial charge in [0.15, 0.2) is 0 Å². The van der Waals surface area contributed by atoms with Crippen molar-refractivity contribution >= 4 is 15.9 Å². The molecule has 4 heteroatoms. The smallest absolute Gasteiger partial charge is 0.263 e. The van der Waals surface area contributed by atoms with Crippen LogP contribution in [0.2, 0.25) is 0 Å². The summed E-state index contributed by atoms with van der Waals surface area (Å²) in [7, 11) is 0. The second-order valence-corrected chi connectivity index (χ2v) is 5.82. The fourth-order valence-electron chi connectivity index (χ4n) is 1.49. The molecule has 0 saturated heterocycles. The third-order valence-corrected chi connectivity index (χ3v) is 3.78. The van der Waals surface area contributed by atoms with Crippen LogP contribution in [0.15, 0.2) is 0 Å². The lowest BCUT2D eigenvalue weighted by atomic mass is 9.76. The molecule has 0 aromatic carbocycles. The van der Waals surface area contributed by atoms with Crippen molar-refractivity contribution in [1.29, 1.82) is 0 Å². The van der Waals surface area contributed by atoms with Crippen LogP contribution in [0.1, 0.15) is 39.5 Å². The van der Waals surface area contributed by atoms with Crippen LogP contribution < -0.4 is 0 Å². The Hall–Kier alpha value is -0.120. The summed E-state index contributed by atoms with van der Waals surface area (Å²) in [5, 5.41) is 10.6. The average Bonchev–Trinajstić information content (AvgIpc) is 1.96. The molecule has 0 bridgehead atoms. The Morgan fingerprint density at radius 1 is 1.25 bits per heavy atom. The summed E-state index contributed by atoms with van der Waals surface area (Å²) < 4.78 is -0.831. The molecule has 1 rings (SSSR count). The van der Waals surface area contributed by atoms with E-state index < -0.39 is 4.45 Å². The Labute approximate surface area is 80.8 Å². The lowest BCUT2D eigenvalue weighted by Crippen LogP contribution is -2.38. The number of alkyl halides is 1. The van der Waals surface area contributed by atoms with Gasteiger partial charge in [-0.2, -0.15) is 0 Å². The SMILES string of the molecule is CC1(C)CCC(Br)([N+](=O)[O-])CC1. The van der Waals surface area contributed by atoms with Gasteiger partial charge in [-0.05, 0) is 18.3 Å². The summed E-state index contributed by atoms with van der Waals surface area (Å²) in [6.07, 6.45) is 3.15. The Bertz CT molecular complexity index is 193. The molecule has 0 N–H and O–H groups in total. The van der Waals surface area contributed by atoms with Crippen molar-refractivity contribution in [1.82, 2.24) is 0 Å². The zero-order valence-electron chi connectivity index (χ0n) is 7.47. The van der Waals surface area contributed by atoms with Crippen LogP contribution in [0, 0.1) is 15.5 Å². The Morgan fingerprint density at radius 3 is 2.00 bits per heavy atom. The van der Waals surface area contributed by atoms with Gasteiger partial charge in [0.1, 0.15) is 0 Å². The summed E-state index contributed by atoms with van der Waals surface area (Å²) in [5.41, 5.74) is 0.285.